The number of thiophene rings is 1. The summed E-state index contributed by atoms with van der Waals surface area (Å²) in [5, 5.41) is 7.09. The molecule has 0 saturated heterocycles. The molecule has 3 aromatic rings. The van der Waals surface area contributed by atoms with Crippen molar-refractivity contribution in [1.82, 2.24) is 5.32 Å². The van der Waals surface area contributed by atoms with Crippen LogP contribution in [0.2, 0.25) is 0 Å². The number of rotatable bonds is 3. The maximum Gasteiger partial charge on any atom is 0.122 e. The number of ether oxygens (including phenoxy) is 1. The quantitative estimate of drug-likeness (QED) is 0.784. The Morgan fingerprint density at radius 2 is 2.10 bits per heavy atom. The van der Waals surface area contributed by atoms with Gasteiger partial charge in [0.25, 0.3) is 0 Å². The summed E-state index contributed by atoms with van der Waals surface area (Å²) in [7, 11) is 2.03. The van der Waals surface area contributed by atoms with Gasteiger partial charge in [0.05, 0.1) is 12.6 Å². The lowest BCUT2D eigenvalue weighted by atomic mass is 9.96. The Morgan fingerprint density at radius 1 is 1.19 bits per heavy atom. The zero-order valence-corrected chi connectivity index (χ0v) is 12.7. The van der Waals surface area contributed by atoms with Gasteiger partial charge in [-0.15, -0.1) is 11.3 Å². The number of fused-ring (bicyclic) bond motifs is 2. The summed E-state index contributed by atoms with van der Waals surface area (Å²) in [6.45, 7) is 0.810. The van der Waals surface area contributed by atoms with E-state index in [1.54, 1.807) is 0 Å². The molecule has 0 aliphatic carbocycles. The van der Waals surface area contributed by atoms with E-state index >= 15 is 0 Å². The van der Waals surface area contributed by atoms with E-state index in [0.717, 1.165) is 18.8 Å². The molecule has 1 aliphatic heterocycles. The summed E-state index contributed by atoms with van der Waals surface area (Å²) in [6.07, 6.45) is 1.02. The summed E-state index contributed by atoms with van der Waals surface area (Å²) in [4.78, 5) is 0. The SMILES string of the molecule is CNC(c1ccc2c(c1)CCO2)c1csc2ccccc12. The fourth-order valence-electron chi connectivity index (χ4n) is 3.11. The average Bonchev–Trinajstić information content (AvgIpc) is 3.15. The van der Waals surface area contributed by atoms with Crippen molar-refractivity contribution in [2.24, 2.45) is 0 Å². The van der Waals surface area contributed by atoms with Crippen LogP contribution in [0.5, 0.6) is 5.75 Å². The van der Waals surface area contributed by atoms with Gasteiger partial charge in [0.15, 0.2) is 0 Å². The highest BCUT2D eigenvalue weighted by Crippen LogP contribution is 2.35. The summed E-state index contributed by atoms with van der Waals surface area (Å²) in [5.41, 5.74) is 3.99. The van der Waals surface area contributed by atoms with Gasteiger partial charge in [0.1, 0.15) is 5.75 Å². The second-order valence-electron chi connectivity index (χ2n) is 5.37. The minimum absolute atomic E-state index is 0.229. The van der Waals surface area contributed by atoms with Crippen molar-refractivity contribution < 1.29 is 4.74 Å². The second kappa shape index (κ2) is 5.17. The van der Waals surface area contributed by atoms with E-state index in [4.69, 9.17) is 4.74 Å². The topological polar surface area (TPSA) is 21.3 Å². The molecule has 0 bridgehead atoms. The van der Waals surface area contributed by atoms with E-state index < -0.39 is 0 Å². The number of nitrogens with one attached hydrogen (secondary N) is 1. The first-order chi connectivity index (χ1) is 10.4. The van der Waals surface area contributed by atoms with Gasteiger partial charge in [-0.25, -0.2) is 0 Å². The van der Waals surface area contributed by atoms with Crippen LogP contribution in [-0.4, -0.2) is 13.7 Å². The zero-order chi connectivity index (χ0) is 14.2. The highest BCUT2D eigenvalue weighted by Gasteiger charge is 2.19. The molecule has 0 saturated carbocycles. The summed E-state index contributed by atoms with van der Waals surface area (Å²) >= 11 is 1.81. The molecule has 106 valence electrons. The second-order valence-corrected chi connectivity index (χ2v) is 6.29. The summed E-state index contributed by atoms with van der Waals surface area (Å²) in [5.74, 6) is 1.05. The highest BCUT2D eigenvalue weighted by molar-refractivity contribution is 7.17. The third kappa shape index (κ3) is 2.13. The fourth-order valence-corrected chi connectivity index (χ4v) is 4.10. The Bertz CT molecular complexity index is 793. The molecular formula is C18H17NOS. The minimum Gasteiger partial charge on any atom is -0.493 e. The molecule has 1 atom stereocenters. The molecule has 21 heavy (non-hydrogen) atoms. The normalized spacial score (nSPS) is 14.9. The molecule has 0 fully saturated rings. The van der Waals surface area contributed by atoms with E-state index in [0.29, 0.717) is 0 Å². The average molecular weight is 295 g/mol. The molecule has 0 spiro atoms. The zero-order valence-electron chi connectivity index (χ0n) is 11.9. The van der Waals surface area contributed by atoms with Gasteiger partial charge in [0.2, 0.25) is 0 Å². The highest BCUT2D eigenvalue weighted by atomic mass is 32.1. The first-order valence-corrected chi connectivity index (χ1v) is 8.14. The smallest absolute Gasteiger partial charge is 0.122 e. The predicted molar refractivity (Wildman–Crippen MR) is 88.4 cm³/mol. The van der Waals surface area contributed by atoms with Crippen molar-refractivity contribution in [3.05, 3.63) is 64.5 Å². The Kier molecular flexibility index (Phi) is 3.17. The molecule has 2 nitrogen and oxygen atoms in total. The molecule has 0 radical (unpaired) electrons. The van der Waals surface area contributed by atoms with Crippen LogP contribution in [0.4, 0.5) is 0 Å². The number of benzene rings is 2. The van der Waals surface area contributed by atoms with E-state index in [-0.39, 0.29) is 6.04 Å². The lowest BCUT2D eigenvalue weighted by Gasteiger charge is -2.17. The molecule has 1 aliphatic rings. The largest absolute Gasteiger partial charge is 0.493 e. The van der Waals surface area contributed by atoms with Gasteiger partial charge in [-0.05, 0) is 46.6 Å². The van der Waals surface area contributed by atoms with Crippen LogP contribution >= 0.6 is 11.3 Å². The van der Waals surface area contributed by atoms with Crippen LogP contribution in [0.1, 0.15) is 22.7 Å². The molecule has 2 aromatic carbocycles. The monoisotopic (exact) mass is 295 g/mol. The van der Waals surface area contributed by atoms with Gasteiger partial charge in [0, 0.05) is 11.1 Å². The van der Waals surface area contributed by atoms with Gasteiger partial charge in [-0.2, -0.15) is 0 Å². The molecule has 3 heteroatoms. The Hall–Kier alpha value is -1.84. The molecule has 1 unspecified atom stereocenters. The van der Waals surface area contributed by atoms with Crippen LogP contribution in [0, 0.1) is 0 Å². The summed E-state index contributed by atoms with van der Waals surface area (Å²) < 4.78 is 6.95. The molecule has 0 amide bonds. The lowest BCUT2D eigenvalue weighted by Crippen LogP contribution is -2.17. The summed E-state index contributed by atoms with van der Waals surface area (Å²) in [6, 6.07) is 15.4. The van der Waals surface area contributed by atoms with Gasteiger partial charge in [-0.3, -0.25) is 0 Å². The molecular weight excluding hydrogens is 278 g/mol. The predicted octanol–water partition coefficient (Wildman–Crippen LogP) is 4.15. The first kappa shape index (κ1) is 12.9. The van der Waals surface area contributed by atoms with Crippen molar-refractivity contribution in [2.75, 3.05) is 13.7 Å². The molecule has 2 heterocycles. The van der Waals surface area contributed by atoms with Crippen molar-refractivity contribution >= 4 is 21.4 Å². The fraction of sp³-hybridized carbons (Fsp3) is 0.222. The third-order valence-electron chi connectivity index (χ3n) is 4.16. The van der Waals surface area contributed by atoms with Crippen LogP contribution in [0.3, 0.4) is 0 Å². The molecule has 1 N–H and O–H groups in total. The van der Waals surface area contributed by atoms with Gasteiger partial charge < -0.3 is 10.1 Å². The maximum atomic E-state index is 5.61. The van der Waals surface area contributed by atoms with Crippen molar-refractivity contribution in [2.45, 2.75) is 12.5 Å². The van der Waals surface area contributed by atoms with Gasteiger partial charge >= 0.3 is 0 Å². The Morgan fingerprint density at radius 3 is 3.00 bits per heavy atom. The first-order valence-electron chi connectivity index (χ1n) is 7.26. The molecule has 4 rings (SSSR count). The van der Waals surface area contributed by atoms with Crippen LogP contribution in [0.25, 0.3) is 10.1 Å². The van der Waals surface area contributed by atoms with Crippen molar-refractivity contribution in [3.63, 3.8) is 0 Å². The van der Waals surface area contributed by atoms with E-state index in [9.17, 15) is 0 Å². The molecule has 1 aromatic heterocycles. The number of hydrogen-bond acceptors (Lipinski definition) is 3. The van der Waals surface area contributed by atoms with Crippen molar-refractivity contribution in [1.29, 1.82) is 0 Å². The van der Waals surface area contributed by atoms with Crippen LogP contribution in [-0.2, 0) is 6.42 Å². The van der Waals surface area contributed by atoms with Crippen LogP contribution in [0.15, 0.2) is 47.8 Å². The maximum absolute atomic E-state index is 5.61. The standard InChI is InChI=1S/C18H17NOS/c1-19-18(13-6-7-16-12(10-13)8-9-20-16)15-11-21-17-5-3-2-4-14(15)17/h2-7,10-11,18-19H,8-9H2,1H3. The Balaban J connectivity index is 1.81. The third-order valence-corrected chi connectivity index (χ3v) is 5.14. The van der Waals surface area contributed by atoms with E-state index in [1.165, 1.54) is 26.8 Å². The van der Waals surface area contributed by atoms with Crippen LogP contribution < -0.4 is 10.1 Å². The van der Waals surface area contributed by atoms with Crippen molar-refractivity contribution in [3.8, 4) is 5.75 Å². The van der Waals surface area contributed by atoms with Gasteiger partial charge in [-0.1, -0.05) is 30.3 Å². The lowest BCUT2D eigenvalue weighted by molar-refractivity contribution is 0.357. The minimum atomic E-state index is 0.229. The number of hydrogen-bond donors (Lipinski definition) is 1. The Labute approximate surface area is 128 Å². The van der Waals surface area contributed by atoms with E-state index in [2.05, 4.69) is 53.2 Å². The van der Waals surface area contributed by atoms with E-state index in [1.807, 2.05) is 18.4 Å².